The van der Waals surface area contributed by atoms with Gasteiger partial charge in [-0.2, -0.15) is 0 Å². The van der Waals surface area contributed by atoms with E-state index in [1.807, 2.05) is 12.3 Å². The molecule has 24 heavy (non-hydrogen) atoms. The van der Waals surface area contributed by atoms with Gasteiger partial charge in [0.15, 0.2) is 0 Å². The highest BCUT2D eigenvalue weighted by atomic mass is 16.5. The van der Waals surface area contributed by atoms with Gasteiger partial charge in [-0.1, -0.05) is 50.2 Å². The molecule has 1 fully saturated rings. The molecule has 1 saturated heterocycles. The maximum Gasteiger partial charge on any atom is 0.0576 e. The number of nitrogens with zero attached hydrogens (tertiary/aromatic N) is 2. The lowest BCUT2D eigenvalue weighted by molar-refractivity contribution is 0.139. The summed E-state index contributed by atoms with van der Waals surface area (Å²) in [7, 11) is 0. The molecule has 0 saturated carbocycles. The van der Waals surface area contributed by atoms with Crippen LogP contribution in [-0.4, -0.2) is 36.2 Å². The molecule has 3 rings (SSSR count). The summed E-state index contributed by atoms with van der Waals surface area (Å²) >= 11 is 0. The van der Waals surface area contributed by atoms with E-state index in [9.17, 15) is 0 Å². The third kappa shape index (κ3) is 4.22. The second-order valence-electron chi connectivity index (χ2n) is 7.33. The molecule has 0 spiro atoms. The van der Waals surface area contributed by atoms with Crippen LogP contribution in [0.5, 0.6) is 0 Å². The van der Waals surface area contributed by atoms with E-state index in [1.165, 1.54) is 5.56 Å². The van der Waals surface area contributed by atoms with Crippen molar-refractivity contribution in [2.75, 3.05) is 26.3 Å². The number of hydrogen-bond donors (Lipinski definition) is 0. The van der Waals surface area contributed by atoms with Crippen LogP contribution in [0, 0.1) is 5.92 Å². The van der Waals surface area contributed by atoms with Crippen LogP contribution in [0.25, 0.3) is 0 Å². The van der Waals surface area contributed by atoms with Gasteiger partial charge in [0, 0.05) is 37.9 Å². The molecule has 3 heteroatoms. The Morgan fingerprint density at radius 2 is 1.92 bits per heavy atom. The van der Waals surface area contributed by atoms with E-state index in [4.69, 9.17) is 4.74 Å². The molecule has 2 aromatic rings. The van der Waals surface area contributed by atoms with Crippen molar-refractivity contribution in [3.8, 4) is 0 Å². The van der Waals surface area contributed by atoms with Crippen LogP contribution < -0.4 is 0 Å². The first kappa shape index (κ1) is 17.1. The first-order valence-electron chi connectivity index (χ1n) is 8.93. The van der Waals surface area contributed by atoms with Gasteiger partial charge < -0.3 is 4.74 Å². The van der Waals surface area contributed by atoms with Crippen LogP contribution in [0.15, 0.2) is 54.7 Å². The number of benzene rings is 1. The van der Waals surface area contributed by atoms with E-state index in [0.29, 0.717) is 5.92 Å². The molecule has 0 radical (unpaired) electrons. The monoisotopic (exact) mass is 324 g/mol. The Labute approximate surface area is 145 Å². The number of ether oxygens (including phenoxy) is 1. The standard InChI is InChI=1S/C21H28N2O/c1-18(2)14-23(15-20-10-6-7-12-22-20)16-21(11-13-24-17-21)19-8-4-3-5-9-19/h3-10,12,18H,11,13-17H2,1-2H3. The van der Waals surface area contributed by atoms with Gasteiger partial charge in [0.1, 0.15) is 0 Å². The molecule has 0 N–H and O–H groups in total. The molecule has 0 bridgehead atoms. The number of aromatic nitrogens is 1. The Balaban J connectivity index is 1.81. The number of pyridine rings is 1. The summed E-state index contributed by atoms with van der Waals surface area (Å²) in [6.45, 7) is 9.23. The summed E-state index contributed by atoms with van der Waals surface area (Å²) < 4.78 is 5.83. The molecule has 0 aliphatic carbocycles. The molecule has 1 aromatic heterocycles. The van der Waals surface area contributed by atoms with Gasteiger partial charge in [0.25, 0.3) is 0 Å². The molecule has 1 atom stereocenters. The van der Waals surface area contributed by atoms with Crippen molar-refractivity contribution in [2.45, 2.75) is 32.2 Å². The summed E-state index contributed by atoms with van der Waals surface area (Å²) in [5.41, 5.74) is 2.64. The Morgan fingerprint density at radius 1 is 1.12 bits per heavy atom. The van der Waals surface area contributed by atoms with E-state index < -0.39 is 0 Å². The second kappa shape index (κ2) is 7.91. The van der Waals surface area contributed by atoms with E-state index in [-0.39, 0.29) is 5.41 Å². The fourth-order valence-corrected chi connectivity index (χ4v) is 3.69. The van der Waals surface area contributed by atoms with Gasteiger partial charge in [0.05, 0.1) is 12.3 Å². The third-order valence-electron chi connectivity index (χ3n) is 4.75. The highest BCUT2D eigenvalue weighted by molar-refractivity contribution is 5.27. The smallest absolute Gasteiger partial charge is 0.0576 e. The maximum absolute atomic E-state index is 5.83. The van der Waals surface area contributed by atoms with Gasteiger partial charge in [-0.15, -0.1) is 0 Å². The molecule has 0 amide bonds. The Hall–Kier alpha value is -1.71. The zero-order chi connectivity index (χ0) is 16.8. The van der Waals surface area contributed by atoms with Crippen molar-refractivity contribution in [3.05, 3.63) is 66.0 Å². The summed E-state index contributed by atoms with van der Waals surface area (Å²) in [6.07, 6.45) is 2.97. The van der Waals surface area contributed by atoms with Gasteiger partial charge in [-0.25, -0.2) is 0 Å². The van der Waals surface area contributed by atoms with Crippen LogP contribution in [0.2, 0.25) is 0 Å². The zero-order valence-electron chi connectivity index (χ0n) is 14.8. The second-order valence-corrected chi connectivity index (χ2v) is 7.33. The lowest BCUT2D eigenvalue weighted by Gasteiger charge is -2.35. The van der Waals surface area contributed by atoms with Crippen molar-refractivity contribution in [3.63, 3.8) is 0 Å². The minimum Gasteiger partial charge on any atom is -0.380 e. The third-order valence-corrected chi connectivity index (χ3v) is 4.75. The van der Waals surface area contributed by atoms with Gasteiger partial charge in [-0.05, 0) is 30.0 Å². The Morgan fingerprint density at radius 3 is 2.54 bits per heavy atom. The normalized spacial score (nSPS) is 20.8. The lowest BCUT2D eigenvalue weighted by Crippen LogP contribution is -2.42. The predicted octanol–water partition coefficient (Wildman–Crippen LogP) is 3.90. The maximum atomic E-state index is 5.83. The first-order valence-corrected chi connectivity index (χ1v) is 8.93. The highest BCUT2D eigenvalue weighted by Gasteiger charge is 2.38. The van der Waals surface area contributed by atoms with E-state index in [2.05, 4.69) is 66.2 Å². The summed E-state index contributed by atoms with van der Waals surface area (Å²) in [4.78, 5) is 7.07. The Bertz CT molecular complexity index is 606. The van der Waals surface area contributed by atoms with Crippen LogP contribution in [0.1, 0.15) is 31.5 Å². The van der Waals surface area contributed by atoms with E-state index >= 15 is 0 Å². The molecule has 128 valence electrons. The Kier molecular flexibility index (Phi) is 5.64. The lowest BCUT2D eigenvalue weighted by atomic mass is 9.79. The van der Waals surface area contributed by atoms with E-state index in [1.54, 1.807) is 0 Å². The number of hydrogen-bond acceptors (Lipinski definition) is 3. The largest absolute Gasteiger partial charge is 0.380 e. The van der Waals surface area contributed by atoms with E-state index in [0.717, 1.165) is 45.0 Å². The van der Waals surface area contributed by atoms with Crippen molar-refractivity contribution in [1.82, 2.24) is 9.88 Å². The average molecular weight is 324 g/mol. The molecule has 1 aliphatic heterocycles. The average Bonchev–Trinajstić information content (AvgIpc) is 3.06. The minimum atomic E-state index is 0.102. The van der Waals surface area contributed by atoms with Gasteiger partial charge in [-0.3, -0.25) is 9.88 Å². The van der Waals surface area contributed by atoms with Crippen molar-refractivity contribution in [2.24, 2.45) is 5.92 Å². The highest BCUT2D eigenvalue weighted by Crippen LogP contribution is 2.34. The number of rotatable bonds is 7. The van der Waals surface area contributed by atoms with Gasteiger partial charge in [0.2, 0.25) is 0 Å². The summed E-state index contributed by atoms with van der Waals surface area (Å²) in [5.74, 6) is 0.629. The molecule has 3 nitrogen and oxygen atoms in total. The molecule has 2 heterocycles. The van der Waals surface area contributed by atoms with Crippen LogP contribution in [-0.2, 0) is 16.7 Å². The molecule has 1 unspecified atom stereocenters. The van der Waals surface area contributed by atoms with Crippen molar-refractivity contribution < 1.29 is 4.74 Å². The van der Waals surface area contributed by atoms with Crippen LogP contribution >= 0.6 is 0 Å². The molecule has 1 aliphatic rings. The summed E-state index contributed by atoms with van der Waals surface area (Å²) in [5, 5.41) is 0. The van der Waals surface area contributed by atoms with Crippen molar-refractivity contribution >= 4 is 0 Å². The minimum absolute atomic E-state index is 0.102. The fraction of sp³-hybridized carbons (Fsp3) is 0.476. The quantitative estimate of drug-likeness (QED) is 0.772. The zero-order valence-corrected chi connectivity index (χ0v) is 14.8. The van der Waals surface area contributed by atoms with Gasteiger partial charge >= 0.3 is 0 Å². The SMILES string of the molecule is CC(C)CN(Cc1ccccn1)CC1(c2ccccc2)CCOC1. The molecule has 1 aromatic carbocycles. The molecular weight excluding hydrogens is 296 g/mol. The topological polar surface area (TPSA) is 25.4 Å². The van der Waals surface area contributed by atoms with Crippen molar-refractivity contribution in [1.29, 1.82) is 0 Å². The predicted molar refractivity (Wildman–Crippen MR) is 97.9 cm³/mol. The van der Waals surface area contributed by atoms with Crippen LogP contribution in [0.3, 0.4) is 0 Å². The first-order chi connectivity index (χ1) is 11.7. The van der Waals surface area contributed by atoms with Crippen LogP contribution in [0.4, 0.5) is 0 Å². The molecular formula is C21H28N2O. The fourth-order valence-electron chi connectivity index (χ4n) is 3.69. The summed E-state index contributed by atoms with van der Waals surface area (Å²) in [6, 6.07) is 17.0.